The third-order valence-electron chi connectivity index (χ3n) is 2.52. The molecule has 0 saturated heterocycles. The van der Waals surface area contributed by atoms with Crippen LogP contribution in [-0.4, -0.2) is 13.2 Å². The molecule has 0 aliphatic carbocycles. The fourth-order valence-electron chi connectivity index (χ4n) is 1.46. The lowest BCUT2D eigenvalue weighted by Gasteiger charge is -2.20. The summed E-state index contributed by atoms with van der Waals surface area (Å²) in [6.07, 6.45) is 0.890. The van der Waals surface area contributed by atoms with Gasteiger partial charge in [-0.3, -0.25) is 11.3 Å². The van der Waals surface area contributed by atoms with E-state index in [9.17, 15) is 0 Å². The monoisotopic (exact) mass is 262 g/mol. The minimum atomic E-state index is 0.00437. The Morgan fingerprint density at radius 1 is 1.38 bits per heavy atom. The Hall–Kier alpha value is -0.320. The minimum Gasteiger partial charge on any atom is -0.382 e. The Morgan fingerprint density at radius 2 is 2.06 bits per heavy atom. The van der Waals surface area contributed by atoms with Crippen molar-refractivity contribution in [1.29, 1.82) is 0 Å². The number of nitrogens with two attached hydrogens (primary N) is 1. The Kier molecular flexibility index (Phi) is 5.52. The molecule has 16 heavy (non-hydrogen) atoms. The number of ether oxygens (including phenoxy) is 1. The zero-order chi connectivity index (χ0) is 12.1. The topological polar surface area (TPSA) is 47.3 Å². The average Bonchev–Trinajstić information content (AvgIpc) is 2.29. The fourth-order valence-corrected chi connectivity index (χ4v) is 1.76. The third-order valence-corrected chi connectivity index (χ3v) is 3.26. The molecule has 0 bridgehead atoms. The van der Waals surface area contributed by atoms with E-state index in [2.05, 4.69) is 5.43 Å². The lowest BCUT2D eigenvalue weighted by atomic mass is 10.0. The molecule has 0 heterocycles. The third kappa shape index (κ3) is 3.61. The van der Waals surface area contributed by atoms with Crippen LogP contribution in [0.5, 0.6) is 0 Å². The first kappa shape index (κ1) is 13.7. The number of methoxy groups -OCH3 is 1. The van der Waals surface area contributed by atoms with Crippen molar-refractivity contribution < 1.29 is 4.74 Å². The lowest BCUT2D eigenvalue weighted by Crippen LogP contribution is -2.30. The maximum atomic E-state index is 5.95. The van der Waals surface area contributed by atoms with Crippen LogP contribution >= 0.6 is 23.2 Å². The highest BCUT2D eigenvalue weighted by molar-refractivity contribution is 6.42. The SMILES string of the molecule is COC(C)CC(NN)c1ccc(Cl)c(Cl)c1. The molecule has 0 amide bonds. The standard InChI is InChI=1S/C11H16Cl2N2O/c1-7(16-2)5-11(15-14)8-3-4-9(12)10(13)6-8/h3-4,6-7,11,15H,5,14H2,1-2H3. The van der Waals surface area contributed by atoms with Crippen molar-refractivity contribution >= 4 is 23.2 Å². The van der Waals surface area contributed by atoms with Gasteiger partial charge in [-0.15, -0.1) is 0 Å². The van der Waals surface area contributed by atoms with Gasteiger partial charge in [0, 0.05) is 13.2 Å². The summed E-state index contributed by atoms with van der Waals surface area (Å²) in [4.78, 5) is 0. The summed E-state index contributed by atoms with van der Waals surface area (Å²) >= 11 is 11.8. The first-order chi connectivity index (χ1) is 7.58. The first-order valence-corrected chi connectivity index (χ1v) is 5.78. The number of halogens is 2. The van der Waals surface area contributed by atoms with Crippen LogP contribution in [-0.2, 0) is 4.74 Å². The molecule has 90 valence electrons. The molecule has 0 spiro atoms. The zero-order valence-corrected chi connectivity index (χ0v) is 10.8. The number of hydrazine groups is 1. The summed E-state index contributed by atoms with van der Waals surface area (Å²) in [7, 11) is 1.67. The van der Waals surface area contributed by atoms with Gasteiger partial charge in [-0.05, 0) is 31.0 Å². The second-order valence-corrected chi connectivity index (χ2v) is 4.49. The van der Waals surface area contributed by atoms with Crippen molar-refractivity contribution in [2.24, 2.45) is 5.84 Å². The summed E-state index contributed by atoms with van der Waals surface area (Å²) in [6.45, 7) is 1.99. The van der Waals surface area contributed by atoms with E-state index in [-0.39, 0.29) is 12.1 Å². The Morgan fingerprint density at radius 3 is 2.56 bits per heavy atom. The smallest absolute Gasteiger partial charge is 0.0595 e. The Balaban J connectivity index is 2.82. The van der Waals surface area contributed by atoms with Gasteiger partial charge in [0.1, 0.15) is 0 Å². The lowest BCUT2D eigenvalue weighted by molar-refractivity contribution is 0.100. The molecule has 0 radical (unpaired) electrons. The highest BCUT2D eigenvalue weighted by Gasteiger charge is 2.14. The van der Waals surface area contributed by atoms with Crippen molar-refractivity contribution in [3.8, 4) is 0 Å². The van der Waals surface area contributed by atoms with Gasteiger partial charge < -0.3 is 4.74 Å². The summed E-state index contributed by atoms with van der Waals surface area (Å²) in [5, 5.41) is 1.07. The molecule has 2 unspecified atom stereocenters. The van der Waals surface area contributed by atoms with Crippen LogP contribution in [0.4, 0.5) is 0 Å². The van der Waals surface area contributed by atoms with Crippen LogP contribution in [0.1, 0.15) is 24.9 Å². The Bertz CT molecular complexity index is 347. The quantitative estimate of drug-likeness (QED) is 0.634. The molecule has 0 aliphatic rings. The van der Waals surface area contributed by atoms with E-state index in [1.54, 1.807) is 13.2 Å². The summed E-state index contributed by atoms with van der Waals surface area (Å²) in [5.41, 5.74) is 3.75. The molecule has 0 fully saturated rings. The van der Waals surface area contributed by atoms with Gasteiger partial charge in [0.2, 0.25) is 0 Å². The second-order valence-electron chi connectivity index (χ2n) is 3.67. The summed E-state index contributed by atoms with van der Waals surface area (Å²) in [6, 6.07) is 5.49. The molecular weight excluding hydrogens is 247 g/mol. The molecule has 3 nitrogen and oxygen atoms in total. The van der Waals surface area contributed by atoms with Gasteiger partial charge in [0.15, 0.2) is 0 Å². The molecule has 0 aliphatic heterocycles. The minimum absolute atomic E-state index is 0.00437. The van der Waals surface area contributed by atoms with Gasteiger partial charge in [-0.2, -0.15) is 0 Å². The second kappa shape index (κ2) is 6.42. The van der Waals surface area contributed by atoms with Crippen molar-refractivity contribution in [1.82, 2.24) is 5.43 Å². The number of nitrogens with one attached hydrogen (secondary N) is 1. The molecule has 0 aromatic heterocycles. The molecule has 2 atom stereocenters. The van der Waals surface area contributed by atoms with Gasteiger partial charge >= 0.3 is 0 Å². The van der Waals surface area contributed by atoms with Crippen LogP contribution in [0, 0.1) is 0 Å². The van der Waals surface area contributed by atoms with E-state index in [1.165, 1.54) is 0 Å². The fraction of sp³-hybridized carbons (Fsp3) is 0.455. The molecule has 3 N–H and O–H groups in total. The molecule has 0 saturated carbocycles. The van der Waals surface area contributed by atoms with Gasteiger partial charge in [-0.1, -0.05) is 29.3 Å². The van der Waals surface area contributed by atoms with Crippen molar-refractivity contribution in [2.75, 3.05) is 7.11 Å². The van der Waals surface area contributed by atoms with Crippen LogP contribution < -0.4 is 11.3 Å². The highest BCUT2D eigenvalue weighted by Crippen LogP contribution is 2.27. The van der Waals surface area contributed by atoms with E-state index < -0.39 is 0 Å². The maximum absolute atomic E-state index is 5.95. The number of benzene rings is 1. The van der Waals surface area contributed by atoms with Crippen molar-refractivity contribution in [3.05, 3.63) is 33.8 Å². The van der Waals surface area contributed by atoms with E-state index in [0.717, 1.165) is 12.0 Å². The number of hydrogen-bond acceptors (Lipinski definition) is 3. The van der Waals surface area contributed by atoms with Gasteiger partial charge in [0.25, 0.3) is 0 Å². The maximum Gasteiger partial charge on any atom is 0.0595 e. The average molecular weight is 263 g/mol. The zero-order valence-electron chi connectivity index (χ0n) is 9.34. The Labute approximate surface area is 106 Å². The van der Waals surface area contributed by atoms with Crippen LogP contribution in [0.3, 0.4) is 0 Å². The predicted molar refractivity (Wildman–Crippen MR) is 67.6 cm³/mol. The predicted octanol–water partition coefficient (Wildman–Crippen LogP) is 2.92. The van der Waals surface area contributed by atoms with Crippen LogP contribution in [0.25, 0.3) is 0 Å². The van der Waals surface area contributed by atoms with E-state index in [0.29, 0.717) is 10.0 Å². The molecule has 1 aromatic carbocycles. The highest BCUT2D eigenvalue weighted by atomic mass is 35.5. The largest absolute Gasteiger partial charge is 0.382 e. The molecular formula is C11H16Cl2N2O. The first-order valence-electron chi connectivity index (χ1n) is 5.02. The normalized spacial score (nSPS) is 14.8. The van der Waals surface area contributed by atoms with Gasteiger partial charge in [-0.25, -0.2) is 0 Å². The number of rotatable bonds is 5. The number of hydrogen-bond donors (Lipinski definition) is 2. The summed E-state index contributed by atoms with van der Waals surface area (Å²) < 4.78 is 5.20. The molecule has 1 rings (SSSR count). The molecule has 1 aromatic rings. The van der Waals surface area contributed by atoms with E-state index in [1.807, 2.05) is 19.1 Å². The summed E-state index contributed by atoms with van der Waals surface area (Å²) in [5.74, 6) is 5.51. The van der Waals surface area contributed by atoms with Gasteiger partial charge in [0.05, 0.1) is 16.1 Å². The van der Waals surface area contributed by atoms with Crippen LogP contribution in [0.15, 0.2) is 18.2 Å². The van der Waals surface area contributed by atoms with E-state index >= 15 is 0 Å². The van der Waals surface area contributed by atoms with Crippen molar-refractivity contribution in [3.63, 3.8) is 0 Å². The van der Waals surface area contributed by atoms with E-state index in [4.69, 9.17) is 33.8 Å². The van der Waals surface area contributed by atoms with Crippen LogP contribution in [0.2, 0.25) is 10.0 Å². The molecule has 5 heteroatoms. The van der Waals surface area contributed by atoms with Crippen molar-refractivity contribution in [2.45, 2.75) is 25.5 Å².